The predicted molar refractivity (Wildman–Crippen MR) is 96.8 cm³/mol. The molecule has 3 aromatic rings. The van der Waals surface area contributed by atoms with Crippen LogP contribution in [0, 0.1) is 13.8 Å². The number of benzene rings is 1. The summed E-state index contributed by atoms with van der Waals surface area (Å²) in [6, 6.07) is 5.08. The second kappa shape index (κ2) is 7.58. The van der Waals surface area contributed by atoms with Crippen molar-refractivity contribution in [3.63, 3.8) is 0 Å². The molecule has 0 saturated carbocycles. The minimum Gasteiger partial charge on any atom is -0.325 e. The predicted octanol–water partition coefficient (Wildman–Crippen LogP) is 2.31. The van der Waals surface area contributed by atoms with Gasteiger partial charge in [-0.2, -0.15) is 18.9 Å². The summed E-state index contributed by atoms with van der Waals surface area (Å²) in [5, 5.41) is 6.48. The van der Waals surface area contributed by atoms with Crippen LogP contribution in [0.2, 0.25) is 0 Å². The first-order chi connectivity index (χ1) is 13.2. The number of fused-ring (bicyclic) bond motifs is 1. The first kappa shape index (κ1) is 19.8. The van der Waals surface area contributed by atoms with Crippen LogP contribution in [0.1, 0.15) is 23.4 Å². The lowest BCUT2D eigenvalue weighted by Crippen LogP contribution is -2.18. The average Bonchev–Trinajstić information content (AvgIpc) is 3.10. The van der Waals surface area contributed by atoms with E-state index in [9.17, 15) is 22.0 Å². The highest BCUT2D eigenvalue weighted by Gasteiger charge is 2.29. The van der Waals surface area contributed by atoms with Crippen LogP contribution in [0.25, 0.3) is 5.78 Å². The zero-order valence-electron chi connectivity index (χ0n) is 15.1. The Hall–Kier alpha value is -2.95. The molecule has 0 fully saturated rings. The molecule has 2 aromatic heterocycles. The minimum atomic E-state index is -4.83. The number of amides is 1. The van der Waals surface area contributed by atoms with Gasteiger partial charge in [0.1, 0.15) is 6.33 Å². The number of carbonyl (C=O) groups excluding carboxylic acids is 1. The van der Waals surface area contributed by atoms with Gasteiger partial charge in [-0.3, -0.25) is 4.79 Å². The van der Waals surface area contributed by atoms with E-state index in [1.807, 2.05) is 6.92 Å². The number of hydrogen-bond donors (Lipinski definition) is 1. The SMILES string of the molecule is Cc1nc2ncnn2c(C)c1CCC(=O)Nc1ccccc1S(=O)(=O)C(F)F. The maximum Gasteiger partial charge on any atom is 0.341 e. The number of carbonyl (C=O) groups is 1. The molecule has 8 nitrogen and oxygen atoms in total. The fourth-order valence-electron chi connectivity index (χ4n) is 2.88. The smallest absolute Gasteiger partial charge is 0.325 e. The third-order valence-electron chi connectivity index (χ3n) is 4.29. The highest BCUT2D eigenvalue weighted by Crippen LogP contribution is 2.26. The van der Waals surface area contributed by atoms with Crippen LogP contribution >= 0.6 is 0 Å². The molecule has 0 unspecified atom stereocenters. The zero-order chi connectivity index (χ0) is 20.5. The highest BCUT2D eigenvalue weighted by atomic mass is 32.2. The molecule has 0 aliphatic heterocycles. The Kier molecular flexibility index (Phi) is 5.36. The van der Waals surface area contributed by atoms with Gasteiger partial charge in [-0.05, 0) is 38.0 Å². The molecule has 0 saturated heterocycles. The molecule has 1 amide bonds. The van der Waals surface area contributed by atoms with Crippen LogP contribution < -0.4 is 5.32 Å². The number of halogens is 2. The number of anilines is 1. The molecular weight excluding hydrogens is 392 g/mol. The molecule has 2 heterocycles. The Balaban J connectivity index is 1.78. The first-order valence-electron chi connectivity index (χ1n) is 8.28. The topological polar surface area (TPSA) is 106 Å². The normalized spacial score (nSPS) is 11.9. The lowest BCUT2D eigenvalue weighted by Gasteiger charge is -2.12. The van der Waals surface area contributed by atoms with Crippen molar-refractivity contribution in [1.29, 1.82) is 0 Å². The van der Waals surface area contributed by atoms with Crippen molar-refractivity contribution in [3.05, 3.63) is 47.5 Å². The van der Waals surface area contributed by atoms with Crippen LogP contribution in [0.5, 0.6) is 0 Å². The number of hydrogen-bond acceptors (Lipinski definition) is 6. The molecule has 11 heteroatoms. The number of nitrogens with one attached hydrogen (secondary N) is 1. The van der Waals surface area contributed by atoms with E-state index in [0.29, 0.717) is 17.9 Å². The van der Waals surface area contributed by atoms with E-state index < -0.39 is 26.4 Å². The van der Waals surface area contributed by atoms with E-state index in [-0.39, 0.29) is 12.1 Å². The van der Waals surface area contributed by atoms with Crippen LogP contribution in [0.4, 0.5) is 14.5 Å². The van der Waals surface area contributed by atoms with E-state index in [1.165, 1.54) is 24.5 Å². The second-order valence-electron chi connectivity index (χ2n) is 6.08. The Morgan fingerprint density at radius 2 is 1.96 bits per heavy atom. The van der Waals surface area contributed by atoms with Crippen molar-refractivity contribution in [2.24, 2.45) is 0 Å². The molecule has 0 bridgehead atoms. The second-order valence-corrected chi connectivity index (χ2v) is 7.97. The Labute approximate surface area is 159 Å². The number of aromatic nitrogens is 4. The van der Waals surface area contributed by atoms with Crippen molar-refractivity contribution >= 4 is 27.2 Å². The fourth-order valence-corrected chi connectivity index (χ4v) is 3.77. The van der Waals surface area contributed by atoms with Crippen LogP contribution in [-0.2, 0) is 21.1 Å². The molecule has 0 radical (unpaired) electrons. The molecule has 0 aliphatic rings. The molecule has 1 N–H and O–H groups in total. The molecule has 0 spiro atoms. The summed E-state index contributed by atoms with van der Waals surface area (Å²) in [5.41, 5.74) is 2.12. The summed E-state index contributed by atoms with van der Waals surface area (Å²) in [4.78, 5) is 20.0. The summed E-state index contributed by atoms with van der Waals surface area (Å²) in [6.45, 7) is 3.62. The number of sulfone groups is 1. The van der Waals surface area contributed by atoms with Crippen LogP contribution in [0.15, 0.2) is 35.5 Å². The minimum absolute atomic E-state index is 0.00657. The van der Waals surface area contributed by atoms with Crippen LogP contribution in [-0.4, -0.2) is 39.7 Å². The number of alkyl halides is 2. The Bertz CT molecular complexity index is 1140. The van der Waals surface area contributed by atoms with Gasteiger partial charge < -0.3 is 5.32 Å². The number of nitrogens with zero attached hydrogens (tertiary/aromatic N) is 4. The largest absolute Gasteiger partial charge is 0.341 e. The number of aryl methyl sites for hydroxylation is 2. The summed E-state index contributed by atoms with van der Waals surface area (Å²) in [6.07, 6.45) is 1.70. The quantitative estimate of drug-likeness (QED) is 0.670. The summed E-state index contributed by atoms with van der Waals surface area (Å²) in [5.74, 6) is -3.62. The van der Waals surface area contributed by atoms with Gasteiger partial charge in [-0.15, -0.1) is 0 Å². The van der Waals surface area contributed by atoms with E-state index in [4.69, 9.17) is 0 Å². The molecule has 28 heavy (non-hydrogen) atoms. The summed E-state index contributed by atoms with van der Waals surface area (Å²) < 4.78 is 50.8. The van der Waals surface area contributed by atoms with Crippen molar-refractivity contribution in [2.75, 3.05) is 5.32 Å². The summed E-state index contributed by atoms with van der Waals surface area (Å²) in [7, 11) is -4.83. The Morgan fingerprint density at radius 3 is 2.68 bits per heavy atom. The van der Waals surface area contributed by atoms with E-state index in [2.05, 4.69) is 20.4 Å². The standard InChI is InChI=1S/C17H17F2N5O3S/c1-10-12(11(2)24-17(22-10)20-9-21-24)7-8-15(25)23-13-5-3-4-6-14(13)28(26,27)16(18)19/h3-6,9,16H,7-8H2,1-2H3,(H,23,25). The van der Waals surface area contributed by atoms with Crippen LogP contribution in [0.3, 0.4) is 0 Å². The van der Waals surface area contributed by atoms with Crippen molar-refractivity contribution in [3.8, 4) is 0 Å². The third kappa shape index (κ3) is 3.70. The van der Waals surface area contributed by atoms with E-state index >= 15 is 0 Å². The van der Waals surface area contributed by atoms with Gasteiger partial charge >= 0.3 is 5.76 Å². The number of rotatable bonds is 6. The van der Waals surface area contributed by atoms with Gasteiger partial charge in [0.05, 0.1) is 10.6 Å². The van der Waals surface area contributed by atoms with Gasteiger partial charge in [0.15, 0.2) is 0 Å². The molecule has 0 aliphatic carbocycles. The van der Waals surface area contributed by atoms with Gasteiger partial charge in [0.25, 0.3) is 5.78 Å². The van der Waals surface area contributed by atoms with Crippen molar-refractivity contribution in [2.45, 2.75) is 37.3 Å². The lowest BCUT2D eigenvalue weighted by atomic mass is 10.1. The average molecular weight is 409 g/mol. The van der Waals surface area contributed by atoms with Gasteiger partial charge in [-0.1, -0.05) is 12.1 Å². The van der Waals surface area contributed by atoms with Gasteiger partial charge in [0, 0.05) is 17.8 Å². The number of para-hydroxylation sites is 1. The molecular formula is C17H17F2N5O3S. The van der Waals surface area contributed by atoms with Crippen molar-refractivity contribution in [1.82, 2.24) is 19.6 Å². The lowest BCUT2D eigenvalue weighted by molar-refractivity contribution is -0.116. The van der Waals surface area contributed by atoms with E-state index in [1.54, 1.807) is 11.4 Å². The third-order valence-corrected chi connectivity index (χ3v) is 5.73. The Morgan fingerprint density at radius 1 is 1.25 bits per heavy atom. The van der Waals surface area contributed by atoms with E-state index in [0.717, 1.165) is 17.3 Å². The monoisotopic (exact) mass is 409 g/mol. The highest BCUT2D eigenvalue weighted by molar-refractivity contribution is 7.91. The summed E-state index contributed by atoms with van der Waals surface area (Å²) >= 11 is 0. The zero-order valence-corrected chi connectivity index (χ0v) is 15.9. The van der Waals surface area contributed by atoms with Gasteiger partial charge in [-0.25, -0.2) is 17.9 Å². The fraction of sp³-hybridized carbons (Fsp3) is 0.294. The molecule has 1 aromatic carbocycles. The molecule has 3 rings (SSSR count). The maximum atomic E-state index is 12.9. The maximum absolute atomic E-state index is 12.9. The van der Waals surface area contributed by atoms with Gasteiger partial charge in [0.2, 0.25) is 15.7 Å². The molecule has 0 atom stereocenters. The van der Waals surface area contributed by atoms with Crippen molar-refractivity contribution < 1.29 is 22.0 Å². The molecule has 148 valence electrons. The first-order valence-corrected chi connectivity index (χ1v) is 9.83.